The van der Waals surface area contributed by atoms with E-state index < -0.39 is 12.1 Å². The number of aliphatic hydroxyl groups is 1. The van der Waals surface area contributed by atoms with E-state index in [1.165, 1.54) is 6.07 Å². The molecular weight excluding hydrogens is 374 g/mol. The first kappa shape index (κ1) is 21.8. The van der Waals surface area contributed by atoms with Crippen LogP contribution in [0.2, 0.25) is 0 Å². The quantitative estimate of drug-likeness (QED) is 0.569. The van der Waals surface area contributed by atoms with Gasteiger partial charge in [-0.05, 0) is 24.5 Å². The molecule has 0 unspecified atom stereocenters. The zero-order chi connectivity index (χ0) is 20.5. The molecule has 1 aromatic rings. The van der Waals surface area contributed by atoms with Crippen molar-refractivity contribution in [3.8, 4) is 23.7 Å². The van der Waals surface area contributed by atoms with Crippen LogP contribution in [-0.2, 0) is 4.79 Å². The highest BCUT2D eigenvalue weighted by molar-refractivity contribution is 7.14. The fraction of sp³-hybridized carbons (Fsp3) is 0.455. The van der Waals surface area contributed by atoms with Gasteiger partial charge in [0.1, 0.15) is 4.88 Å². The standard InChI is InChI=1S/C22H25NO4S/c1-3-4-5-7-16(2)19(24)12-9-17-10-14-21(25)23(17)15-6-8-18-11-13-20(28-18)22(26)27/h9,11-13,16-17,19,24H,3,7,10,14-15H2,1-2H3,(H,26,27)/t16-,17-,19-/m0/s1. The van der Waals surface area contributed by atoms with Crippen molar-refractivity contribution in [2.75, 3.05) is 6.54 Å². The van der Waals surface area contributed by atoms with Gasteiger partial charge < -0.3 is 15.1 Å². The monoisotopic (exact) mass is 399 g/mol. The number of carboxylic acid groups (broad SMARTS) is 1. The Bertz CT molecular complexity index is 849. The van der Waals surface area contributed by atoms with E-state index in [9.17, 15) is 14.7 Å². The molecule has 1 aliphatic heterocycles. The molecule has 1 saturated heterocycles. The molecule has 148 valence electrons. The van der Waals surface area contributed by atoms with Crippen LogP contribution < -0.4 is 0 Å². The number of carbonyl (C=O) groups excluding carboxylic acids is 1. The minimum Gasteiger partial charge on any atom is -0.477 e. The van der Waals surface area contributed by atoms with Crippen LogP contribution in [0.5, 0.6) is 0 Å². The highest BCUT2D eigenvalue weighted by Crippen LogP contribution is 2.21. The van der Waals surface area contributed by atoms with E-state index >= 15 is 0 Å². The maximum Gasteiger partial charge on any atom is 0.345 e. The number of hydrogen-bond acceptors (Lipinski definition) is 4. The van der Waals surface area contributed by atoms with Gasteiger partial charge in [-0.3, -0.25) is 4.79 Å². The molecule has 28 heavy (non-hydrogen) atoms. The molecule has 0 bridgehead atoms. The number of aliphatic hydroxyl groups excluding tert-OH is 1. The fourth-order valence-corrected chi connectivity index (χ4v) is 3.52. The summed E-state index contributed by atoms with van der Waals surface area (Å²) in [5.74, 6) is 11.0. The summed E-state index contributed by atoms with van der Waals surface area (Å²) in [4.78, 5) is 25.7. The summed E-state index contributed by atoms with van der Waals surface area (Å²) in [6.07, 6.45) is 5.65. The largest absolute Gasteiger partial charge is 0.477 e. The molecule has 2 N–H and O–H groups in total. The Morgan fingerprint density at radius 2 is 2.18 bits per heavy atom. The second kappa shape index (κ2) is 10.7. The molecule has 1 aromatic heterocycles. The summed E-state index contributed by atoms with van der Waals surface area (Å²) in [5, 5.41) is 19.2. The number of likely N-dealkylation sites (tertiary alicyclic amines) is 1. The third-order valence-electron chi connectivity index (χ3n) is 4.49. The van der Waals surface area contributed by atoms with Crippen molar-refractivity contribution in [1.82, 2.24) is 4.90 Å². The van der Waals surface area contributed by atoms with E-state index in [0.717, 1.165) is 17.8 Å². The van der Waals surface area contributed by atoms with Gasteiger partial charge in [0.25, 0.3) is 0 Å². The Balaban J connectivity index is 1.95. The number of carbonyl (C=O) groups is 2. The van der Waals surface area contributed by atoms with Crippen LogP contribution >= 0.6 is 11.3 Å². The normalized spacial score (nSPS) is 18.3. The van der Waals surface area contributed by atoms with Gasteiger partial charge >= 0.3 is 5.97 Å². The maximum absolute atomic E-state index is 12.1. The van der Waals surface area contributed by atoms with Gasteiger partial charge in [0.05, 0.1) is 23.6 Å². The lowest BCUT2D eigenvalue weighted by molar-refractivity contribution is -0.127. The summed E-state index contributed by atoms with van der Waals surface area (Å²) in [6, 6.07) is 3.11. The molecular formula is C22H25NO4S. The maximum atomic E-state index is 12.1. The van der Waals surface area contributed by atoms with Gasteiger partial charge in [0, 0.05) is 19.3 Å². The van der Waals surface area contributed by atoms with Gasteiger partial charge in [0.2, 0.25) is 5.91 Å². The molecule has 2 heterocycles. The Morgan fingerprint density at radius 3 is 2.86 bits per heavy atom. The minimum absolute atomic E-state index is 0.0305. The number of hydrogen-bond donors (Lipinski definition) is 2. The average molecular weight is 400 g/mol. The molecule has 6 heteroatoms. The summed E-state index contributed by atoms with van der Waals surface area (Å²) < 4.78 is 0. The molecule has 0 aliphatic carbocycles. The highest BCUT2D eigenvalue weighted by Gasteiger charge is 2.28. The summed E-state index contributed by atoms with van der Waals surface area (Å²) in [7, 11) is 0. The predicted molar refractivity (Wildman–Crippen MR) is 110 cm³/mol. The molecule has 0 spiro atoms. The fourth-order valence-electron chi connectivity index (χ4n) is 2.80. The predicted octanol–water partition coefficient (Wildman–Crippen LogP) is 3.15. The molecule has 5 nitrogen and oxygen atoms in total. The van der Waals surface area contributed by atoms with Crippen molar-refractivity contribution in [1.29, 1.82) is 0 Å². The SMILES string of the molecule is CCC#CC[C@H](C)[C@@H](O)C=C[C@H]1CCC(=O)N1CC#Cc1ccc(C(=O)O)s1. The lowest BCUT2D eigenvalue weighted by Gasteiger charge is -2.20. The van der Waals surface area contributed by atoms with Crippen LogP contribution in [0.1, 0.15) is 54.1 Å². The van der Waals surface area contributed by atoms with Gasteiger partial charge in [-0.25, -0.2) is 4.79 Å². The molecule has 1 fully saturated rings. The highest BCUT2D eigenvalue weighted by atomic mass is 32.1. The molecule has 1 aliphatic rings. The first-order chi connectivity index (χ1) is 13.4. The van der Waals surface area contributed by atoms with Gasteiger partial charge in [0.15, 0.2) is 0 Å². The van der Waals surface area contributed by atoms with Crippen molar-refractivity contribution in [2.45, 2.75) is 51.7 Å². The molecule has 2 rings (SSSR count). The lowest BCUT2D eigenvalue weighted by atomic mass is 10.00. The van der Waals surface area contributed by atoms with Crippen molar-refractivity contribution in [2.24, 2.45) is 5.92 Å². The van der Waals surface area contributed by atoms with Gasteiger partial charge in [-0.15, -0.1) is 23.2 Å². The molecule has 1 amide bonds. The van der Waals surface area contributed by atoms with Crippen molar-refractivity contribution in [3.05, 3.63) is 34.0 Å². The van der Waals surface area contributed by atoms with Crippen LogP contribution in [0, 0.1) is 29.6 Å². The van der Waals surface area contributed by atoms with E-state index in [0.29, 0.717) is 24.1 Å². The third kappa shape index (κ3) is 6.27. The second-order valence-electron chi connectivity index (χ2n) is 6.66. The van der Waals surface area contributed by atoms with Gasteiger partial charge in [-0.2, -0.15) is 0 Å². The summed E-state index contributed by atoms with van der Waals surface area (Å²) >= 11 is 1.12. The Morgan fingerprint density at radius 1 is 1.39 bits per heavy atom. The van der Waals surface area contributed by atoms with E-state index in [-0.39, 0.29) is 29.3 Å². The van der Waals surface area contributed by atoms with E-state index in [1.807, 2.05) is 19.9 Å². The van der Waals surface area contributed by atoms with Crippen LogP contribution in [0.4, 0.5) is 0 Å². The Labute approximate surface area is 170 Å². The average Bonchev–Trinajstić information content (AvgIpc) is 3.27. The molecule has 0 saturated carbocycles. The first-order valence-electron chi connectivity index (χ1n) is 9.36. The Kier molecular flexibility index (Phi) is 8.32. The zero-order valence-corrected chi connectivity index (χ0v) is 17.0. The topological polar surface area (TPSA) is 77.8 Å². The van der Waals surface area contributed by atoms with Crippen LogP contribution in [0.15, 0.2) is 24.3 Å². The van der Waals surface area contributed by atoms with Crippen LogP contribution in [-0.4, -0.2) is 45.7 Å². The second-order valence-corrected chi connectivity index (χ2v) is 7.75. The number of thiophene rings is 1. The molecule has 0 radical (unpaired) electrons. The van der Waals surface area contributed by atoms with Crippen molar-refractivity contribution < 1.29 is 19.8 Å². The smallest absolute Gasteiger partial charge is 0.345 e. The summed E-state index contributed by atoms with van der Waals surface area (Å²) in [6.45, 7) is 4.22. The van der Waals surface area contributed by atoms with E-state index in [2.05, 4.69) is 23.7 Å². The number of aromatic carboxylic acids is 1. The number of nitrogens with zero attached hydrogens (tertiary/aromatic N) is 1. The number of amides is 1. The summed E-state index contributed by atoms with van der Waals surface area (Å²) in [5.41, 5.74) is 0. The third-order valence-corrected chi connectivity index (χ3v) is 5.48. The zero-order valence-electron chi connectivity index (χ0n) is 16.1. The first-order valence-corrected chi connectivity index (χ1v) is 10.2. The minimum atomic E-state index is -0.966. The van der Waals surface area contributed by atoms with Crippen molar-refractivity contribution >= 4 is 23.2 Å². The number of rotatable bonds is 6. The van der Waals surface area contributed by atoms with Crippen molar-refractivity contribution in [3.63, 3.8) is 0 Å². The number of carboxylic acids is 1. The Hall–Kier alpha value is -2.54. The van der Waals surface area contributed by atoms with E-state index in [4.69, 9.17) is 5.11 Å². The van der Waals surface area contributed by atoms with Crippen LogP contribution in [0.25, 0.3) is 0 Å². The van der Waals surface area contributed by atoms with Gasteiger partial charge in [-0.1, -0.05) is 37.8 Å². The molecule has 3 atom stereocenters. The van der Waals surface area contributed by atoms with Crippen LogP contribution in [0.3, 0.4) is 0 Å². The lowest BCUT2D eigenvalue weighted by Crippen LogP contribution is -2.32. The van der Waals surface area contributed by atoms with E-state index in [1.54, 1.807) is 17.0 Å². The molecule has 0 aromatic carbocycles.